The highest BCUT2D eigenvalue weighted by Gasteiger charge is 2.31. The Morgan fingerprint density at radius 3 is 2.32 bits per heavy atom. The van der Waals surface area contributed by atoms with Crippen molar-refractivity contribution in [3.63, 3.8) is 0 Å². The van der Waals surface area contributed by atoms with Crippen molar-refractivity contribution in [1.82, 2.24) is 25.3 Å². The normalized spacial score (nSPS) is 17.1. The number of carbonyl (C=O) groups is 1. The molecule has 0 aliphatic carbocycles. The Labute approximate surface area is 277 Å². The van der Waals surface area contributed by atoms with Gasteiger partial charge in [-0.05, 0) is 79.7 Å². The molecule has 4 aromatic heterocycles. The molecule has 2 fully saturated rings. The van der Waals surface area contributed by atoms with Gasteiger partial charge in [0.05, 0.1) is 5.69 Å². The maximum atomic E-state index is 11.7. The summed E-state index contributed by atoms with van der Waals surface area (Å²) in [6.45, 7) is 9.33. The molecule has 11 nitrogen and oxygen atoms in total. The van der Waals surface area contributed by atoms with Crippen molar-refractivity contribution < 1.29 is 19.5 Å². The van der Waals surface area contributed by atoms with E-state index in [-0.39, 0.29) is 11.7 Å². The smallest absolute Gasteiger partial charge is 0.314 e. The summed E-state index contributed by atoms with van der Waals surface area (Å²) in [5.41, 5.74) is 3.79. The number of rotatable bonds is 8. The minimum absolute atomic E-state index is 0.0822. The summed E-state index contributed by atoms with van der Waals surface area (Å²) in [5.74, 6) is 1.24. The number of aryl methyl sites for hydroxylation is 1. The molecule has 7 rings (SSSR count). The van der Waals surface area contributed by atoms with E-state index in [1.807, 2.05) is 38.4 Å². The summed E-state index contributed by atoms with van der Waals surface area (Å²) in [7, 11) is 0. The van der Waals surface area contributed by atoms with Gasteiger partial charge in [0.15, 0.2) is 11.6 Å². The van der Waals surface area contributed by atoms with Gasteiger partial charge in [0.25, 0.3) is 0 Å². The first-order valence-corrected chi connectivity index (χ1v) is 17.1. The van der Waals surface area contributed by atoms with Crippen molar-refractivity contribution in [2.75, 3.05) is 36.0 Å². The molecule has 0 radical (unpaired) electrons. The number of hydrogen-bond acceptors (Lipinski definition) is 11. The first-order chi connectivity index (χ1) is 22.8. The zero-order chi connectivity index (χ0) is 32.7. The van der Waals surface area contributed by atoms with Gasteiger partial charge in [-0.25, -0.2) is 9.97 Å². The Balaban J connectivity index is 0.950. The van der Waals surface area contributed by atoms with E-state index in [0.717, 1.165) is 73.6 Å². The lowest BCUT2D eigenvalue weighted by Gasteiger charge is -2.33. The van der Waals surface area contributed by atoms with Crippen molar-refractivity contribution in [3.05, 3.63) is 70.6 Å². The van der Waals surface area contributed by atoms with Crippen LogP contribution in [0, 0.1) is 12.8 Å². The average molecular weight is 654 g/mol. The van der Waals surface area contributed by atoms with Crippen molar-refractivity contribution in [2.45, 2.75) is 64.2 Å². The summed E-state index contributed by atoms with van der Waals surface area (Å²) < 4.78 is 5.45. The van der Waals surface area contributed by atoms with Crippen LogP contribution in [0.4, 0.5) is 11.8 Å². The number of aromatic hydroxyl groups is 1. The molecule has 12 heteroatoms. The molecule has 6 heterocycles. The van der Waals surface area contributed by atoms with Gasteiger partial charge in [0, 0.05) is 60.5 Å². The predicted octanol–water partition coefficient (Wildman–Crippen LogP) is 6.74. The quantitative estimate of drug-likeness (QED) is 0.184. The third kappa shape index (κ3) is 6.14. The third-order valence-electron chi connectivity index (χ3n) is 9.77. The first kappa shape index (κ1) is 31.0. The third-order valence-corrected chi connectivity index (χ3v) is 11.1. The van der Waals surface area contributed by atoms with Gasteiger partial charge in [0.1, 0.15) is 16.5 Å². The van der Waals surface area contributed by atoms with Crippen molar-refractivity contribution in [1.29, 1.82) is 0 Å². The molecule has 2 aliphatic heterocycles. The van der Waals surface area contributed by atoms with Crippen LogP contribution in [0.25, 0.3) is 21.5 Å². The zero-order valence-electron chi connectivity index (χ0n) is 26.8. The summed E-state index contributed by atoms with van der Waals surface area (Å²) >= 11 is 1.73. The minimum atomic E-state index is -0.892. The number of carboxylic acids is 1. The molecule has 5 aromatic rings. The number of aliphatic carboxylic acids is 1. The molecule has 1 unspecified atom stereocenters. The van der Waals surface area contributed by atoms with E-state index in [4.69, 9.17) is 14.5 Å². The fraction of sp³-hybridized carbons (Fsp3) is 0.429. The highest BCUT2D eigenvalue weighted by Crippen LogP contribution is 2.41. The summed E-state index contributed by atoms with van der Waals surface area (Å²) in [5, 5.41) is 34.1. The van der Waals surface area contributed by atoms with Crippen LogP contribution in [0.3, 0.4) is 0 Å². The van der Waals surface area contributed by atoms with Crippen LogP contribution in [-0.2, 0) is 4.79 Å². The average Bonchev–Trinajstić information content (AvgIpc) is 3.69. The number of benzene rings is 1. The van der Waals surface area contributed by atoms with Gasteiger partial charge in [-0.3, -0.25) is 4.79 Å². The van der Waals surface area contributed by atoms with Crippen LogP contribution < -0.4 is 9.80 Å². The number of aromatic nitrogens is 5. The minimum Gasteiger partial charge on any atom is -0.507 e. The highest BCUT2D eigenvalue weighted by atomic mass is 32.1. The van der Waals surface area contributed by atoms with Crippen LogP contribution in [0.1, 0.15) is 79.0 Å². The second kappa shape index (κ2) is 12.9. The maximum absolute atomic E-state index is 11.7. The second-order valence-corrected chi connectivity index (χ2v) is 14.1. The Bertz CT molecular complexity index is 1870. The molecule has 1 aromatic carbocycles. The summed E-state index contributed by atoms with van der Waals surface area (Å²) in [6, 6.07) is 11.1. The number of fused-ring (bicyclic) bond motifs is 1. The van der Waals surface area contributed by atoms with E-state index < -0.39 is 11.9 Å². The molecule has 244 valence electrons. The number of phenolic OH excluding ortho intramolecular Hbond substituents is 1. The van der Waals surface area contributed by atoms with Crippen molar-refractivity contribution >= 4 is 39.3 Å². The molecule has 2 aliphatic rings. The topological polar surface area (TPSA) is 142 Å². The number of hydrogen-bond donors (Lipinski definition) is 2. The molecule has 1 atom stereocenters. The molecule has 0 amide bonds. The van der Waals surface area contributed by atoms with E-state index in [0.29, 0.717) is 34.7 Å². The van der Waals surface area contributed by atoms with Crippen LogP contribution in [0.2, 0.25) is 0 Å². The number of thiophene rings is 1. The van der Waals surface area contributed by atoms with Gasteiger partial charge in [-0.1, -0.05) is 31.1 Å². The lowest BCUT2D eigenvalue weighted by Crippen LogP contribution is -2.34. The molecule has 0 spiro atoms. The van der Waals surface area contributed by atoms with E-state index in [1.54, 1.807) is 29.5 Å². The molecular formula is C35H39N7O4S. The molecule has 0 saturated carbocycles. The number of piperidine rings is 2. The number of nitrogens with zero attached hydrogens (tertiary/aromatic N) is 7. The van der Waals surface area contributed by atoms with Crippen LogP contribution in [-0.4, -0.2) is 67.7 Å². The Hall–Kier alpha value is -4.58. The van der Waals surface area contributed by atoms with Gasteiger partial charge < -0.3 is 24.5 Å². The van der Waals surface area contributed by atoms with Gasteiger partial charge in [-0.15, -0.1) is 21.5 Å². The first-order valence-electron chi connectivity index (χ1n) is 16.3. The van der Waals surface area contributed by atoms with Crippen LogP contribution in [0.15, 0.2) is 53.3 Å². The van der Waals surface area contributed by atoms with Crippen LogP contribution in [0.5, 0.6) is 5.75 Å². The zero-order valence-corrected chi connectivity index (χ0v) is 27.7. The number of phenols is 1. The van der Waals surface area contributed by atoms with Crippen molar-refractivity contribution in [3.8, 4) is 17.0 Å². The Morgan fingerprint density at radius 2 is 1.64 bits per heavy atom. The van der Waals surface area contributed by atoms with Crippen LogP contribution >= 0.6 is 11.3 Å². The maximum Gasteiger partial charge on any atom is 0.314 e. The van der Waals surface area contributed by atoms with Crippen molar-refractivity contribution in [2.24, 2.45) is 5.92 Å². The molecular weight excluding hydrogens is 614 g/mol. The molecule has 47 heavy (non-hydrogen) atoms. The number of anilines is 2. The number of para-hydroxylation sites is 1. The van der Waals surface area contributed by atoms with Gasteiger partial charge in [0.2, 0.25) is 5.95 Å². The fourth-order valence-electron chi connectivity index (χ4n) is 7.05. The monoisotopic (exact) mass is 653 g/mol. The fourth-order valence-corrected chi connectivity index (χ4v) is 8.33. The summed E-state index contributed by atoms with van der Waals surface area (Å²) in [6.07, 6.45) is 7.89. The van der Waals surface area contributed by atoms with Gasteiger partial charge in [-0.2, -0.15) is 0 Å². The van der Waals surface area contributed by atoms with Gasteiger partial charge >= 0.3 is 5.97 Å². The number of carboxylic acid groups (broad SMARTS) is 1. The lowest BCUT2D eigenvalue weighted by molar-refractivity contribution is -0.140. The Kier molecular flexibility index (Phi) is 8.52. The van der Waals surface area contributed by atoms with E-state index in [2.05, 4.69) is 38.1 Å². The highest BCUT2D eigenvalue weighted by molar-refractivity contribution is 7.18. The van der Waals surface area contributed by atoms with E-state index >= 15 is 0 Å². The van der Waals surface area contributed by atoms with E-state index in [9.17, 15) is 15.0 Å². The van der Waals surface area contributed by atoms with E-state index in [1.165, 1.54) is 10.4 Å². The molecule has 2 N–H and O–H groups in total. The Morgan fingerprint density at radius 1 is 0.957 bits per heavy atom. The molecule has 2 saturated heterocycles. The largest absolute Gasteiger partial charge is 0.507 e. The standard InChI is InChI=1S/C35H39N7O4S/c1-20(2)31(34(44)45)29-17-30(40-46-29)41-12-8-22(9-13-41)24-18-36-35(37-19-24)42-14-10-23(11-15-42)32-21(3)26-16-27(38-39-33(26)47-32)25-6-4-5-7-28(25)43/h4-7,16-20,22-23,31,43H,8-15H2,1-3H3,(H,44,45). The molecule has 0 bridgehead atoms. The lowest BCUT2D eigenvalue weighted by atomic mass is 9.91. The predicted molar refractivity (Wildman–Crippen MR) is 181 cm³/mol. The summed E-state index contributed by atoms with van der Waals surface area (Å²) in [4.78, 5) is 28.0. The second-order valence-electron chi connectivity index (χ2n) is 13.0. The SMILES string of the molecule is Cc1c(C2CCN(c3ncc(C4CCN(c5cc(C(C(=O)O)C(C)C)on5)CC4)cn3)CC2)sc2nnc(-c3ccccc3O)cc12.